The van der Waals surface area contributed by atoms with E-state index >= 15 is 0 Å². The van der Waals surface area contributed by atoms with Gasteiger partial charge in [-0.15, -0.1) is 0 Å². The maximum atomic E-state index is 11.3. The molecule has 4 nitrogen and oxygen atoms in total. The van der Waals surface area contributed by atoms with E-state index in [-0.39, 0.29) is 12.3 Å². The Balaban J connectivity index is 2.11. The van der Waals surface area contributed by atoms with Gasteiger partial charge in [-0.25, -0.2) is 0 Å². The Morgan fingerprint density at radius 2 is 2.05 bits per heavy atom. The lowest BCUT2D eigenvalue weighted by Gasteiger charge is -2.16. The fourth-order valence-corrected chi connectivity index (χ4v) is 2.82. The third kappa shape index (κ3) is 2.68. The number of aromatic amines is 1. The maximum absolute atomic E-state index is 11.3. The summed E-state index contributed by atoms with van der Waals surface area (Å²) in [5, 5.41) is 10.4. The molecule has 0 amide bonds. The lowest BCUT2D eigenvalue weighted by molar-refractivity contribution is -0.137. The first kappa shape index (κ1) is 14.2. The molecule has 4 heteroatoms. The van der Waals surface area contributed by atoms with Crippen molar-refractivity contribution in [3.05, 3.63) is 65.9 Å². The molecular formula is C18H17NO3. The molecule has 0 fully saturated rings. The first-order valence-corrected chi connectivity index (χ1v) is 7.11. The molecule has 0 bridgehead atoms. The van der Waals surface area contributed by atoms with E-state index in [1.54, 1.807) is 7.11 Å². The average molecular weight is 295 g/mol. The number of H-pyrrole nitrogens is 1. The number of benzene rings is 2. The molecule has 112 valence electrons. The second-order valence-electron chi connectivity index (χ2n) is 5.22. The van der Waals surface area contributed by atoms with E-state index < -0.39 is 5.97 Å². The molecule has 0 aliphatic heterocycles. The van der Waals surface area contributed by atoms with Gasteiger partial charge < -0.3 is 14.8 Å². The van der Waals surface area contributed by atoms with Crippen LogP contribution in [-0.4, -0.2) is 23.2 Å². The highest BCUT2D eigenvalue weighted by molar-refractivity contribution is 5.85. The number of aliphatic carboxylic acids is 1. The van der Waals surface area contributed by atoms with Crippen LogP contribution in [-0.2, 0) is 4.79 Å². The molecule has 0 aliphatic rings. The fraction of sp³-hybridized carbons (Fsp3) is 0.167. The van der Waals surface area contributed by atoms with Gasteiger partial charge in [0.15, 0.2) is 0 Å². The van der Waals surface area contributed by atoms with Gasteiger partial charge in [-0.3, -0.25) is 4.79 Å². The smallest absolute Gasteiger partial charge is 0.304 e. The second kappa shape index (κ2) is 5.93. The van der Waals surface area contributed by atoms with Gasteiger partial charge in [-0.1, -0.05) is 30.3 Å². The fourth-order valence-electron chi connectivity index (χ4n) is 2.82. The summed E-state index contributed by atoms with van der Waals surface area (Å²) in [7, 11) is 1.61. The summed E-state index contributed by atoms with van der Waals surface area (Å²) in [6.07, 6.45) is 1.94. The Hall–Kier alpha value is -2.75. The van der Waals surface area contributed by atoms with Crippen molar-refractivity contribution >= 4 is 16.9 Å². The predicted octanol–water partition coefficient (Wildman–Crippen LogP) is 3.78. The number of carbonyl (C=O) groups is 1. The largest absolute Gasteiger partial charge is 0.497 e. The molecule has 3 aromatic rings. The van der Waals surface area contributed by atoms with E-state index in [1.165, 1.54) is 0 Å². The lowest BCUT2D eigenvalue weighted by Crippen LogP contribution is -2.07. The van der Waals surface area contributed by atoms with Crippen molar-refractivity contribution < 1.29 is 14.6 Å². The van der Waals surface area contributed by atoms with Crippen LogP contribution in [0, 0.1) is 0 Å². The first-order valence-electron chi connectivity index (χ1n) is 7.11. The summed E-state index contributed by atoms with van der Waals surface area (Å²) >= 11 is 0. The zero-order valence-electron chi connectivity index (χ0n) is 12.2. The number of fused-ring (bicyclic) bond motifs is 1. The van der Waals surface area contributed by atoms with Crippen LogP contribution in [0.15, 0.2) is 54.7 Å². The Labute approximate surface area is 128 Å². The zero-order valence-corrected chi connectivity index (χ0v) is 12.2. The molecular weight excluding hydrogens is 278 g/mol. The Morgan fingerprint density at radius 3 is 2.82 bits per heavy atom. The van der Waals surface area contributed by atoms with E-state index in [0.29, 0.717) is 0 Å². The highest BCUT2D eigenvalue weighted by Crippen LogP contribution is 2.34. The van der Waals surface area contributed by atoms with Crippen molar-refractivity contribution in [1.29, 1.82) is 0 Å². The maximum Gasteiger partial charge on any atom is 0.304 e. The minimum absolute atomic E-state index is 0.0367. The number of ether oxygens (including phenoxy) is 1. The minimum atomic E-state index is -0.821. The number of aromatic nitrogens is 1. The summed E-state index contributed by atoms with van der Waals surface area (Å²) in [6, 6.07) is 15.5. The summed E-state index contributed by atoms with van der Waals surface area (Å²) in [6.45, 7) is 0. The monoisotopic (exact) mass is 295 g/mol. The van der Waals surface area contributed by atoms with Crippen molar-refractivity contribution in [3.8, 4) is 5.75 Å². The Kier molecular flexibility index (Phi) is 3.83. The quantitative estimate of drug-likeness (QED) is 0.753. The summed E-state index contributed by atoms with van der Waals surface area (Å²) < 4.78 is 5.26. The van der Waals surface area contributed by atoms with Crippen LogP contribution in [0.5, 0.6) is 5.75 Å². The van der Waals surface area contributed by atoms with Crippen LogP contribution in [0.25, 0.3) is 10.9 Å². The van der Waals surface area contributed by atoms with Crippen molar-refractivity contribution in [2.75, 3.05) is 7.11 Å². The minimum Gasteiger partial charge on any atom is -0.497 e. The molecule has 1 aromatic heterocycles. The van der Waals surface area contributed by atoms with Crippen LogP contribution in [0.1, 0.15) is 23.5 Å². The first-order chi connectivity index (χ1) is 10.7. The Bertz CT molecular complexity index is 807. The van der Waals surface area contributed by atoms with Crippen molar-refractivity contribution in [1.82, 2.24) is 4.98 Å². The lowest BCUT2D eigenvalue weighted by atomic mass is 9.88. The highest BCUT2D eigenvalue weighted by Gasteiger charge is 2.21. The molecule has 2 aromatic carbocycles. The molecule has 0 radical (unpaired) electrons. The molecule has 0 aliphatic carbocycles. The number of carboxylic acids is 1. The van der Waals surface area contributed by atoms with E-state index in [2.05, 4.69) is 4.98 Å². The number of para-hydroxylation sites is 1. The van der Waals surface area contributed by atoms with Gasteiger partial charge >= 0.3 is 5.97 Å². The SMILES string of the molecule is COc1cccc([C@@H](CC(=O)O)c2c[nH]c3ccccc23)c1. The van der Waals surface area contributed by atoms with E-state index in [1.807, 2.05) is 54.7 Å². The number of hydrogen-bond acceptors (Lipinski definition) is 2. The predicted molar refractivity (Wildman–Crippen MR) is 85.4 cm³/mol. The van der Waals surface area contributed by atoms with Gasteiger partial charge in [0.2, 0.25) is 0 Å². The van der Waals surface area contributed by atoms with Crippen LogP contribution in [0.2, 0.25) is 0 Å². The number of hydrogen-bond donors (Lipinski definition) is 2. The van der Waals surface area contributed by atoms with E-state index in [0.717, 1.165) is 27.8 Å². The number of carboxylic acid groups (broad SMARTS) is 1. The van der Waals surface area contributed by atoms with Gasteiger partial charge in [0.05, 0.1) is 13.5 Å². The Morgan fingerprint density at radius 1 is 1.23 bits per heavy atom. The van der Waals surface area contributed by atoms with Gasteiger partial charge in [-0.2, -0.15) is 0 Å². The number of nitrogens with one attached hydrogen (secondary N) is 1. The average Bonchev–Trinajstić information content (AvgIpc) is 2.96. The van der Waals surface area contributed by atoms with Gasteiger partial charge in [0.1, 0.15) is 5.75 Å². The molecule has 3 rings (SSSR count). The standard InChI is InChI=1S/C18H17NO3/c1-22-13-6-4-5-12(9-13)15(10-18(20)21)16-11-19-17-8-3-2-7-14(16)17/h2-9,11,15,19H,10H2,1H3,(H,20,21)/t15-/m1/s1. The number of methoxy groups -OCH3 is 1. The molecule has 0 unspecified atom stereocenters. The van der Waals surface area contributed by atoms with Gasteiger partial charge in [0.25, 0.3) is 0 Å². The molecule has 2 N–H and O–H groups in total. The van der Waals surface area contributed by atoms with Crippen molar-refractivity contribution in [2.24, 2.45) is 0 Å². The second-order valence-corrected chi connectivity index (χ2v) is 5.22. The summed E-state index contributed by atoms with van der Waals surface area (Å²) in [5.74, 6) is -0.311. The van der Waals surface area contributed by atoms with E-state index in [9.17, 15) is 9.90 Å². The molecule has 22 heavy (non-hydrogen) atoms. The van der Waals surface area contributed by atoms with Gasteiger partial charge in [-0.05, 0) is 29.3 Å². The third-order valence-electron chi connectivity index (χ3n) is 3.87. The number of rotatable bonds is 5. The van der Waals surface area contributed by atoms with Crippen LogP contribution in [0.3, 0.4) is 0 Å². The summed E-state index contributed by atoms with van der Waals surface area (Å²) in [4.78, 5) is 14.5. The van der Waals surface area contributed by atoms with Crippen molar-refractivity contribution in [2.45, 2.75) is 12.3 Å². The molecule has 1 heterocycles. The molecule has 0 saturated heterocycles. The zero-order chi connectivity index (χ0) is 15.5. The highest BCUT2D eigenvalue weighted by atomic mass is 16.5. The van der Waals surface area contributed by atoms with Crippen LogP contribution in [0.4, 0.5) is 0 Å². The molecule has 0 saturated carbocycles. The van der Waals surface area contributed by atoms with Gasteiger partial charge in [0, 0.05) is 23.0 Å². The summed E-state index contributed by atoms with van der Waals surface area (Å²) in [5.41, 5.74) is 2.94. The normalized spacial score (nSPS) is 12.2. The van der Waals surface area contributed by atoms with Crippen molar-refractivity contribution in [3.63, 3.8) is 0 Å². The van der Waals surface area contributed by atoms with Crippen LogP contribution < -0.4 is 4.74 Å². The van der Waals surface area contributed by atoms with E-state index in [4.69, 9.17) is 4.74 Å². The molecule has 1 atom stereocenters. The van der Waals surface area contributed by atoms with Crippen LogP contribution >= 0.6 is 0 Å². The molecule has 0 spiro atoms. The topological polar surface area (TPSA) is 62.3 Å². The third-order valence-corrected chi connectivity index (χ3v) is 3.87.